The predicted molar refractivity (Wildman–Crippen MR) is 441 cm³/mol. The minimum atomic E-state index is -0.378. The topological polar surface area (TPSA) is 273 Å². The molecule has 0 bridgehead atoms. The second kappa shape index (κ2) is 35.7. The van der Waals surface area contributed by atoms with Crippen LogP contribution in [0.15, 0.2) is 166 Å². The van der Waals surface area contributed by atoms with E-state index in [9.17, 15) is 50.6 Å². The summed E-state index contributed by atoms with van der Waals surface area (Å²) in [6.45, 7) is 16.1. The number of aryl methyl sites for hydroxylation is 5. The smallest absolute Gasteiger partial charge is 0.271 e. The summed E-state index contributed by atoms with van der Waals surface area (Å²) >= 11 is 10.1. The standard InChI is InChI=1S/C17H24N2.C14H16N2O2.C14H18N2.C11H11BrN2O2.C9H8BrNO2.C9H6BrNO2.C9H7NO2/c1-3-8-18-15-11-14-7-10-19(9-4-2)17(14)16(12-15)13-5-6-13;1-2-6-15-7-5-11-8-12(16(17)18)9-13(14(11)15)10-3-4-10;1-2-6-16-7-5-11-8-12(15)9-13(14(11)16)10-3-4-10;1-2-4-13-5-3-8-6-9(14(15)16)7-10(12)11(8)13;2*10-9-5-7(11(12)13)4-6-2-1-3-8(6)9;11-10(12)9-5-4-7-2-1-3-8(7)6-9/h7,10-13,18H,3-6,8-9H2,1-2H3;5,7-10H,2-4,6H2,1H3;5,7-10H,2-4,6,15H2,1H3;3,5-7H,2,4H2,1H3;4-5H,1-3H2;1-2,4-5H,3H2;1,3-6H,2H2. The Bertz CT molecular complexity index is 5180. The number of nitrogen functional groups attached to an aromatic ring is 1. The molecule has 24 heteroatoms. The maximum Gasteiger partial charge on any atom is 0.271 e. The Labute approximate surface area is 647 Å². The van der Waals surface area contributed by atoms with Crippen molar-refractivity contribution in [3.63, 3.8) is 0 Å². The van der Waals surface area contributed by atoms with Crippen LogP contribution >= 0.6 is 47.8 Å². The third-order valence-corrected chi connectivity index (χ3v) is 21.8. The summed E-state index contributed by atoms with van der Waals surface area (Å²) in [6, 6.07) is 35.3. The summed E-state index contributed by atoms with van der Waals surface area (Å²) in [4.78, 5) is 51.4. The van der Waals surface area contributed by atoms with Crippen LogP contribution in [0.2, 0.25) is 0 Å². The number of hydrogen-bond donors (Lipinski definition) is 2. The predicted octanol–water partition coefficient (Wildman–Crippen LogP) is 23.8. The first-order valence-electron chi connectivity index (χ1n) is 37.1. The lowest BCUT2D eigenvalue weighted by Crippen LogP contribution is -2.02. The van der Waals surface area contributed by atoms with Crippen LogP contribution in [0.1, 0.15) is 179 Å². The average Bonchev–Trinajstić information content (AvgIpc) is 1.63. The highest BCUT2D eigenvalue weighted by atomic mass is 79.9. The molecule has 107 heavy (non-hydrogen) atoms. The minimum absolute atomic E-state index is 0.119. The molecule has 6 aliphatic rings. The van der Waals surface area contributed by atoms with Gasteiger partial charge in [-0.15, -0.1) is 0 Å². The zero-order chi connectivity index (χ0) is 76.2. The van der Waals surface area contributed by atoms with E-state index >= 15 is 0 Å². The molecular weight excluding hydrogens is 1550 g/mol. The lowest BCUT2D eigenvalue weighted by Gasteiger charge is -2.12. The number of nitrogens with one attached hydrogen (secondary N) is 1. The van der Waals surface area contributed by atoms with Gasteiger partial charge in [-0.3, -0.25) is 50.6 Å². The number of fused-ring (bicyclic) bond motifs is 7. The fraction of sp³-hybridized carbons (Fsp3) is 0.349. The summed E-state index contributed by atoms with van der Waals surface area (Å²) in [5.41, 5.74) is 24.9. The molecule has 3 fully saturated rings. The van der Waals surface area contributed by atoms with Crippen LogP contribution in [0.5, 0.6) is 0 Å². The van der Waals surface area contributed by atoms with Gasteiger partial charge in [0.2, 0.25) is 0 Å². The van der Waals surface area contributed by atoms with Crippen LogP contribution in [-0.2, 0) is 51.9 Å². The molecule has 0 amide bonds. The van der Waals surface area contributed by atoms with Crippen molar-refractivity contribution in [2.45, 2.75) is 181 Å². The highest BCUT2D eigenvalue weighted by Crippen LogP contribution is 2.47. The summed E-state index contributed by atoms with van der Waals surface area (Å²) in [5.74, 6) is 2.09. The highest BCUT2D eigenvalue weighted by Gasteiger charge is 2.31. The lowest BCUT2D eigenvalue weighted by molar-refractivity contribution is -0.385. The second-order valence-electron chi connectivity index (χ2n) is 28.0. The first-order chi connectivity index (χ1) is 51.6. The highest BCUT2D eigenvalue weighted by molar-refractivity contribution is 9.11. The molecule has 11 aromatic rings. The Kier molecular flexibility index (Phi) is 26.2. The van der Waals surface area contributed by atoms with E-state index in [1.807, 2.05) is 54.9 Å². The van der Waals surface area contributed by atoms with Gasteiger partial charge in [-0.2, -0.15) is 0 Å². The molecule has 3 saturated carbocycles. The molecule has 0 aliphatic heterocycles. The van der Waals surface area contributed by atoms with Crippen molar-refractivity contribution >= 4 is 143 Å². The molecular formula is C83H90Br3N11O10. The van der Waals surface area contributed by atoms with Crippen molar-refractivity contribution < 1.29 is 24.6 Å². The van der Waals surface area contributed by atoms with E-state index in [1.165, 1.54) is 94.6 Å². The van der Waals surface area contributed by atoms with Crippen LogP contribution in [0, 0.1) is 50.6 Å². The summed E-state index contributed by atoms with van der Waals surface area (Å²) in [6.07, 6.45) is 34.5. The minimum Gasteiger partial charge on any atom is -0.399 e. The Morgan fingerprint density at radius 3 is 1.35 bits per heavy atom. The second-order valence-corrected chi connectivity index (χ2v) is 30.5. The van der Waals surface area contributed by atoms with Crippen molar-refractivity contribution in [1.29, 1.82) is 0 Å². The van der Waals surface area contributed by atoms with E-state index < -0.39 is 0 Å². The number of halogens is 3. The fourth-order valence-electron chi connectivity index (χ4n) is 14.4. The molecule has 3 N–H and O–H groups in total. The van der Waals surface area contributed by atoms with E-state index in [0.29, 0.717) is 5.92 Å². The molecule has 0 spiro atoms. The molecule has 0 unspecified atom stereocenters. The van der Waals surface area contributed by atoms with Gasteiger partial charge in [0.15, 0.2) is 0 Å². The maximum atomic E-state index is 11.0. The van der Waals surface area contributed by atoms with Gasteiger partial charge >= 0.3 is 0 Å². The van der Waals surface area contributed by atoms with Crippen molar-refractivity contribution in [3.8, 4) is 0 Å². The molecule has 0 radical (unpaired) electrons. The molecule has 17 rings (SSSR count). The van der Waals surface area contributed by atoms with Gasteiger partial charge in [0, 0.05) is 165 Å². The van der Waals surface area contributed by atoms with Gasteiger partial charge in [0.1, 0.15) is 0 Å². The first-order valence-corrected chi connectivity index (χ1v) is 39.5. The van der Waals surface area contributed by atoms with Crippen LogP contribution in [-0.4, -0.2) is 49.4 Å². The molecule has 7 aromatic carbocycles. The van der Waals surface area contributed by atoms with E-state index in [-0.39, 0.29) is 53.1 Å². The number of non-ortho nitro benzene ring substituents is 5. The quantitative estimate of drug-likeness (QED) is 0.0434. The number of rotatable bonds is 19. The van der Waals surface area contributed by atoms with Gasteiger partial charge in [-0.25, -0.2) is 0 Å². The zero-order valence-corrected chi connectivity index (χ0v) is 65.7. The molecule has 558 valence electrons. The Hall–Kier alpha value is -9.78. The van der Waals surface area contributed by atoms with Gasteiger partial charge in [-0.1, -0.05) is 96.8 Å². The van der Waals surface area contributed by atoms with Crippen molar-refractivity contribution in [2.24, 2.45) is 0 Å². The van der Waals surface area contributed by atoms with E-state index in [1.54, 1.807) is 66.2 Å². The van der Waals surface area contributed by atoms with E-state index in [0.717, 1.165) is 166 Å². The summed E-state index contributed by atoms with van der Waals surface area (Å²) in [7, 11) is 0. The largest absolute Gasteiger partial charge is 0.399 e. The average molecular weight is 1640 g/mol. The zero-order valence-electron chi connectivity index (χ0n) is 61.0. The number of nitrogens with two attached hydrogens (primary N) is 1. The number of nitro benzene ring substituents is 5. The number of aromatic nitrogens is 4. The summed E-state index contributed by atoms with van der Waals surface area (Å²) in [5, 5.41) is 61.3. The molecule has 4 aromatic heterocycles. The number of hydrogen-bond acceptors (Lipinski definition) is 12. The van der Waals surface area contributed by atoms with Gasteiger partial charge < -0.3 is 29.3 Å². The third kappa shape index (κ3) is 19.3. The number of nitro groups is 5. The fourth-order valence-corrected chi connectivity index (χ4v) is 16.4. The third-order valence-electron chi connectivity index (χ3n) is 19.8. The Morgan fingerprint density at radius 1 is 0.411 bits per heavy atom. The number of nitrogens with zero attached hydrogens (tertiary/aromatic N) is 9. The van der Waals surface area contributed by atoms with Crippen molar-refractivity contribution in [1.82, 2.24) is 18.3 Å². The molecule has 6 aliphatic carbocycles. The molecule has 4 heterocycles. The molecule has 0 saturated heterocycles. The number of benzene rings is 7. The van der Waals surface area contributed by atoms with Gasteiger partial charge in [0.25, 0.3) is 28.4 Å². The SMILES string of the molecule is CCCNc1cc(C2CC2)c2c(ccn2CCC)c1.CCCn1ccc2cc(N)cc(C3CC3)c21.CCCn1ccc2cc([N+](=O)[O-])cc(Br)c21.CCCn1ccc2cc([N+](=O)[O-])cc(C3CC3)c21.O=[N+]([O-])c1cc(Br)c2c(c1)C=CC2.O=[N+]([O-])c1cc(Br)c2c(c1)CCC2.O=[N+]([O-])c1ccc2c(c1)C=CC2. The van der Waals surface area contributed by atoms with E-state index in [2.05, 4.69) is 155 Å². The van der Waals surface area contributed by atoms with E-state index in [4.69, 9.17) is 5.73 Å². The van der Waals surface area contributed by atoms with Crippen LogP contribution in [0.25, 0.3) is 55.8 Å². The van der Waals surface area contributed by atoms with Crippen LogP contribution < -0.4 is 11.1 Å². The number of anilines is 2. The van der Waals surface area contributed by atoms with Crippen LogP contribution in [0.3, 0.4) is 0 Å². The summed E-state index contributed by atoms with van der Waals surface area (Å²) < 4.78 is 11.6. The Balaban J connectivity index is 0.000000125. The van der Waals surface area contributed by atoms with Crippen molar-refractivity contribution in [2.75, 3.05) is 17.6 Å². The monoisotopic (exact) mass is 1640 g/mol. The van der Waals surface area contributed by atoms with Gasteiger partial charge in [-0.05, 0) is 235 Å². The molecule has 21 nitrogen and oxygen atoms in total. The first kappa shape index (κ1) is 78.3. The normalized spacial score (nSPS) is 14.0. The lowest BCUT2D eigenvalue weighted by atomic mass is 10.1. The van der Waals surface area contributed by atoms with Gasteiger partial charge in [0.05, 0.1) is 46.7 Å². The molecule has 0 atom stereocenters. The maximum absolute atomic E-state index is 11.0. The van der Waals surface area contributed by atoms with Crippen LogP contribution in [0.4, 0.5) is 39.8 Å². The Morgan fingerprint density at radius 2 is 0.832 bits per heavy atom. The van der Waals surface area contributed by atoms with Crippen molar-refractivity contribution in [3.05, 3.63) is 266 Å². The number of allylic oxidation sites excluding steroid dienone is 2.